The summed E-state index contributed by atoms with van der Waals surface area (Å²) >= 11 is 0. The molecule has 17 heavy (non-hydrogen) atoms. The molecule has 1 atom stereocenters. The van der Waals surface area contributed by atoms with E-state index in [1.807, 2.05) is 26.8 Å². The van der Waals surface area contributed by atoms with Gasteiger partial charge in [-0.3, -0.25) is 4.79 Å². The minimum atomic E-state index is -0.495. The van der Waals surface area contributed by atoms with Gasteiger partial charge in [0.25, 0.3) is 0 Å². The minimum Gasteiger partial charge on any atom is -0.460 e. The number of hydrogen-bond donors (Lipinski definition) is 0. The van der Waals surface area contributed by atoms with E-state index in [1.54, 1.807) is 19.1 Å². The number of nitrogens with zero attached hydrogens (tertiary/aromatic N) is 2. The van der Waals surface area contributed by atoms with Gasteiger partial charge < -0.3 is 4.74 Å². The lowest BCUT2D eigenvalue weighted by Gasteiger charge is -2.22. The van der Waals surface area contributed by atoms with Gasteiger partial charge in [-0.2, -0.15) is 5.26 Å². The molecule has 0 aliphatic carbocycles. The molecule has 0 aliphatic rings. The molecule has 1 heterocycles. The van der Waals surface area contributed by atoms with Crippen molar-refractivity contribution in [3.63, 3.8) is 0 Å². The number of carbonyl (C=O) groups is 1. The Bertz CT molecular complexity index is 438. The van der Waals surface area contributed by atoms with Gasteiger partial charge in [-0.15, -0.1) is 0 Å². The smallest absolute Gasteiger partial charge is 0.313 e. The zero-order valence-corrected chi connectivity index (χ0v) is 10.5. The maximum Gasteiger partial charge on any atom is 0.313 e. The van der Waals surface area contributed by atoms with Gasteiger partial charge in [-0.25, -0.2) is 4.98 Å². The highest BCUT2D eigenvalue weighted by atomic mass is 16.6. The number of carbonyl (C=O) groups excluding carboxylic acids is 1. The Morgan fingerprint density at radius 3 is 2.53 bits per heavy atom. The summed E-state index contributed by atoms with van der Waals surface area (Å²) in [7, 11) is 0. The van der Waals surface area contributed by atoms with Crippen LogP contribution in [0.1, 0.15) is 44.9 Å². The summed E-state index contributed by atoms with van der Waals surface area (Å²) in [5.41, 5.74) is 0.592. The third-order valence-electron chi connectivity index (χ3n) is 2.16. The fourth-order valence-corrected chi connectivity index (χ4v) is 1.25. The Kier molecular flexibility index (Phi) is 3.84. The third-order valence-corrected chi connectivity index (χ3v) is 2.16. The first-order valence-electron chi connectivity index (χ1n) is 5.42. The Balaban J connectivity index is 2.79. The summed E-state index contributed by atoms with van der Waals surface area (Å²) in [4.78, 5) is 15.7. The normalized spacial score (nSPS) is 12.6. The molecule has 0 aromatic carbocycles. The van der Waals surface area contributed by atoms with E-state index < -0.39 is 5.60 Å². The molecule has 90 valence electrons. The predicted molar refractivity (Wildman–Crippen MR) is 63.2 cm³/mol. The van der Waals surface area contributed by atoms with Crippen molar-refractivity contribution in [2.24, 2.45) is 0 Å². The number of esters is 1. The van der Waals surface area contributed by atoms with E-state index in [9.17, 15) is 4.79 Å². The van der Waals surface area contributed by atoms with Crippen molar-refractivity contribution in [3.8, 4) is 6.07 Å². The Morgan fingerprint density at radius 2 is 2.12 bits per heavy atom. The highest BCUT2D eigenvalue weighted by Gasteiger charge is 2.23. The molecule has 0 radical (unpaired) electrons. The second kappa shape index (κ2) is 4.96. The van der Waals surface area contributed by atoms with E-state index in [1.165, 1.54) is 6.20 Å². The number of ether oxygens (including phenoxy) is 1. The predicted octanol–water partition coefficient (Wildman–Crippen LogP) is 2.40. The van der Waals surface area contributed by atoms with E-state index in [0.29, 0.717) is 5.69 Å². The first-order chi connectivity index (χ1) is 7.83. The van der Waals surface area contributed by atoms with Crippen LogP contribution in [0.15, 0.2) is 18.3 Å². The Labute approximate surface area is 101 Å². The summed E-state index contributed by atoms with van der Waals surface area (Å²) in [5.74, 6) is -0.668. The maximum absolute atomic E-state index is 11.8. The highest BCUT2D eigenvalue weighted by Crippen LogP contribution is 2.19. The number of aromatic nitrogens is 1. The molecular formula is C13H16N2O2. The van der Waals surface area contributed by atoms with Crippen molar-refractivity contribution in [3.05, 3.63) is 29.6 Å². The van der Waals surface area contributed by atoms with Crippen LogP contribution in [0.25, 0.3) is 0 Å². The molecule has 0 aliphatic heterocycles. The van der Waals surface area contributed by atoms with Crippen molar-refractivity contribution in [1.82, 2.24) is 4.98 Å². The molecule has 0 amide bonds. The van der Waals surface area contributed by atoms with Gasteiger partial charge in [0.15, 0.2) is 0 Å². The summed E-state index contributed by atoms with van der Waals surface area (Å²) in [6, 6.07) is 5.25. The molecule has 1 aromatic heterocycles. The molecule has 0 fully saturated rings. The molecule has 0 bridgehead atoms. The molecular weight excluding hydrogens is 216 g/mol. The zero-order chi connectivity index (χ0) is 13.1. The van der Waals surface area contributed by atoms with Crippen molar-refractivity contribution in [1.29, 1.82) is 5.26 Å². The molecule has 0 saturated heterocycles. The fraction of sp³-hybridized carbons (Fsp3) is 0.462. The Morgan fingerprint density at radius 1 is 1.47 bits per heavy atom. The first-order valence-corrected chi connectivity index (χ1v) is 5.42. The van der Waals surface area contributed by atoms with Crippen LogP contribution < -0.4 is 0 Å². The standard InChI is InChI=1S/C13H16N2O2/c1-9(12(16)17-13(2,3)4)10-5-6-11(7-14)15-8-10/h5-6,8-9H,1-4H3. The van der Waals surface area contributed by atoms with Crippen LogP contribution in [-0.2, 0) is 9.53 Å². The van der Waals surface area contributed by atoms with Crippen LogP contribution in [-0.4, -0.2) is 16.6 Å². The van der Waals surface area contributed by atoms with E-state index >= 15 is 0 Å². The monoisotopic (exact) mass is 232 g/mol. The van der Waals surface area contributed by atoms with Gasteiger partial charge in [0, 0.05) is 6.20 Å². The summed E-state index contributed by atoms with van der Waals surface area (Å²) in [6.07, 6.45) is 1.53. The van der Waals surface area contributed by atoms with Crippen LogP contribution in [0, 0.1) is 11.3 Å². The average molecular weight is 232 g/mol. The van der Waals surface area contributed by atoms with Crippen molar-refractivity contribution >= 4 is 5.97 Å². The second-order valence-electron chi connectivity index (χ2n) is 4.84. The topological polar surface area (TPSA) is 63.0 Å². The largest absolute Gasteiger partial charge is 0.460 e. The number of nitriles is 1. The zero-order valence-electron chi connectivity index (χ0n) is 10.5. The van der Waals surface area contributed by atoms with Crippen molar-refractivity contribution in [2.45, 2.75) is 39.2 Å². The minimum absolute atomic E-state index is 0.288. The van der Waals surface area contributed by atoms with Crippen LogP contribution >= 0.6 is 0 Å². The van der Waals surface area contributed by atoms with Crippen molar-refractivity contribution < 1.29 is 9.53 Å². The highest BCUT2D eigenvalue weighted by molar-refractivity contribution is 5.77. The summed E-state index contributed by atoms with van der Waals surface area (Å²) < 4.78 is 5.28. The van der Waals surface area contributed by atoms with Crippen LogP contribution in [0.5, 0.6) is 0 Å². The van der Waals surface area contributed by atoms with E-state index in [4.69, 9.17) is 10.00 Å². The van der Waals surface area contributed by atoms with Gasteiger partial charge >= 0.3 is 5.97 Å². The number of pyridine rings is 1. The van der Waals surface area contributed by atoms with Gasteiger partial charge in [-0.1, -0.05) is 6.07 Å². The summed E-state index contributed by atoms with van der Waals surface area (Å²) in [5, 5.41) is 8.62. The summed E-state index contributed by atoms with van der Waals surface area (Å²) in [6.45, 7) is 7.25. The van der Waals surface area contributed by atoms with Crippen LogP contribution in [0.2, 0.25) is 0 Å². The van der Waals surface area contributed by atoms with Gasteiger partial charge in [-0.05, 0) is 39.3 Å². The lowest BCUT2D eigenvalue weighted by molar-refractivity contribution is -0.156. The quantitative estimate of drug-likeness (QED) is 0.734. The molecule has 1 rings (SSSR count). The second-order valence-corrected chi connectivity index (χ2v) is 4.84. The Hall–Kier alpha value is -1.89. The average Bonchev–Trinajstić information content (AvgIpc) is 2.26. The van der Waals surface area contributed by atoms with E-state index in [-0.39, 0.29) is 11.9 Å². The third kappa shape index (κ3) is 3.87. The molecule has 0 N–H and O–H groups in total. The molecule has 1 unspecified atom stereocenters. The fourth-order valence-electron chi connectivity index (χ4n) is 1.25. The van der Waals surface area contributed by atoms with Crippen LogP contribution in [0.4, 0.5) is 0 Å². The SMILES string of the molecule is CC(C(=O)OC(C)(C)C)c1ccc(C#N)nc1. The number of rotatable bonds is 2. The van der Waals surface area contributed by atoms with Gasteiger partial charge in [0.05, 0.1) is 5.92 Å². The molecule has 0 spiro atoms. The van der Waals surface area contributed by atoms with E-state index in [2.05, 4.69) is 4.98 Å². The molecule has 1 aromatic rings. The van der Waals surface area contributed by atoms with Gasteiger partial charge in [0.2, 0.25) is 0 Å². The van der Waals surface area contributed by atoms with Crippen LogP contribution in [0.3, 0.4) is 0 Å². The maximum atomic E-state index is 11.8. The molecule has 0 saturated carbocycles. The van der Waals surface area contributed by atoms with Crippen molar-refractivity contribution in [2.75, 3.05) is 0 Å². The lowest BCUT2D eigenvalue weighted by Crippen LogP contribution is -2.26. The molecule has 4 heteroatoms. The van der Waals surface area contributed by atoms with Gasteiger partial charge in [0.1, 0.15) is 17.4 Å². The lowest BCUT2D eigenvalue weighted by atomic mass is 10.0. The molecule has 4 nitrogen and oxygen atoms in total. The van der Waals surface area contributed by atoms with E-state index in [0.717, 1.165) is 5.56 Å². The first kappa shape index (κ1) is 13.2. The number of hydrogen-bond acceptors (Lipinski definition) is 4.